The van der Waals surface area contributed by atoms with Crippen LogP contribution in [0.5, 0.6) is 5.75 Å². The molecule has 0 saturated heterocycles. The number of hydrogen-bond donors (Lipinski definition) is 2. The number of carbonyl (C=O) groups excluding carboxylic acids is 1. The monoisotopic (exact) mass is 262 g/mol. The number of methoxy groups -OCH3 is 1. The largest absolute Gasteiger partial charge is 0.497 e. The zero-order valence-corrected chi connectivity index (χ0v) is 11.4. The van der Waals surface area contributed by atoms with Crippen LogP contribution in [-0.4, -0.2) is 25.6 Å². The summed E-state index contributed by atoms with van der Waals surface area (Å²) in [6.45, 7) is 0.698. The minimum Gasteiger partial charge on any atom is -0.497 e. The van der Waals surface area contributed by atoms with Gasteiger partial charge in [-0.1, -0.05) is 18.6 Å². The van der Waals surface area contributed by atoms with E-state index >= 15 is 0 Å². The molecule has 3 N–H and O–H groups in total. The molecule has 104 valence electrons. The number of amides is 1. The Hall–Kier alpha value is -1.55. The van der Waals surface area contributed by atoms with Crippen molar-refractivity contribution < 1.29 is 9.53 Å². The molecule has 0 spiro atoms. The molecular weight excluding hydrogens is 240 g/mol. The number of nitrogens with one attached hydrogen (secondary N) is 1. The van der Waals surface area contributed by atoms with Gasteiger partial charge in [0.25, 0.3) is 0 Å². The first kappa shape index (κ1) is 13.9. The summed E-state index contributed by atoms with van der Waals surface area (Å²) >= 11 is 0. The minimum atomic E-state index is 0.0485. The minimum absolute atomic E-state index is 0.0485. The first-order valence-electron chi connectivity index (χ1n) is 6.84. The van der Waals surface area contributed by atoms with Gasteiger partial charge < -0.3 is 15.8 Å². The van der Waals surface area contributed by atoms with Gasteiger partial charge in [-0.05, 0) is 36.5 Å². The van der Waals surface area contributed by atoms with Gasteiger partial charge in [0.2, 0.25) is 5.91 Å². The molecule has 0 aromatic heterocycles. The van der Waals surface area contributed by atoms with Gasteiger partial charge in [0.1, 0.15) is 5.75 Å². The predicted molar refractivity (Wildman–Crippen MR) is 75.0 cm³/mol. The third-order valence-corrected chi connectivity index (χ3v) is 3.78. The molecule has 1 fully saturated rings. The van der Waals surface area contributed by atoms with E-state index in [-0.39, 0.29) is 11.9 Å². The van der Waals surface area contributed by atoms with Crippen molar-refractivity contribution in [2.75, 3.05) is 13.7 Å². The lowest BCUT2D eigenvalue weighted by Crippen LogP contribution is -2.36. The fourth-order valence-electron chi connectivity index (χ4n) is 2.59. The van der Waals surface area contributed by atoms with Crippen molar-refractivity contribution in [3.8, 4) is 5.75 Å². The lowest BCUT2D eigenvalue weighted by molar-refractivity contribution is -0.120. The number of rotatable bonds is 5. The molecule has 1 aliphatic rings. The molecule has 2 atom stereocenters. The molecule has 4 nitrogen and oxygen atoms in total. The molecule has 1 aromatic rings. The number of benzene rings is 1. The van der Waals surface area contributed by atoms with E-state index in [1.54, 1.807) is 7.11 Å². The molecule has 19 heavy (non-hydrogen) atoms. The van der Waals surface area contributed by atoms with Crippen LogP contribution >= 0.6 is 0 Å². The summed E-state index contributed by atoms with van der Waals surface area (Å²) in [6, 6.07) is 7.84. The summed E-state index contributed by atoms with van der Waals surface area (Å²) in [5, 5.41) is 2.98. The van der Waals surface area contributed by atoms with Gasteiger partial charge in [-0.15, -0.1) is 0 Å². The summed E-state index contributed by atoms with van der Waals surface area (Å²) < 4.78 is 5.14. The van der Waals surface area contributed by atoms with Crippen molar-refractivity contribution in [1.82, 2.24) is 5.32 Å². The van der Waals surface area contributed by atoms with Gasteiger partial charge in [0, 0.05) is 12.6 Å². The molecule has 0 aliphatic heterocycles. The second kappa shape index (κ2) is 6.57. The normalized spacial score (nSPS) is 22.2. The predicted octanol–water partition coefficient (Wildman–Crippen LogP) is 1.48. The Bertz CT molecular complexity index is 434. The maximum absolute atomic E-state index is 11.9. The van der Waals surface area contributed by atoms with E-state index in [0.717, 1.165) is 24.2 Å². The van der Waals surface area contributed by atoms with Gasteiger partial charge in [-0.3, -0.25) is 4.79 Å². The van der Waals surface area contributed by atoms with Crippen molar-refractivity contribution in [1.29, 1.82) is 0 Å². The first-order chi connectivity index (χ1) is 9.19. The molecular formula is C15H22N2O2. The standard InChI is InChI=1S/C15H22N2O2/c1-19-13-6-2-4-11(8-13)9-15(18)17-10-12-5-3-7-14(12)16/h2,4,6,8,12,14H,3,5,7,9-10,16H2,1H3,(H,17,18). The molecule has 1 saturated carbocycles. The Labute approximate surface area is 114 Å². The summed E-state index contributed by atoms with van der Waals surface area (Å²) in [4.78, 5) is 11.9. The van der Waals surface area contributed by atoms with Gasteiger partial charge in [-0.25, -0.2) is 0 Å². The van der Waals surface area contributed by atoms with Crippen LogP contribution in [0.2, 0.25) is 0 Å². The van der Waals surface area contributed by atoms with E-state index in [1.807, 2.05) is 24.3 Å². The highest BCUT2D eigenvalue weighted by molar-refractivity contribution is 5.78. The van der Waals surface area contributed by atoms with Crippen LogP contribution in [0, 0.1) is 5.92 Å². The number of ether oxygens (including phenoxy) is 1. The fourth-order valence-corrected chi connectivity index (χ4v) is 2.59. The number of nitrogens with two attached hydrogens (primary N) is 1. The maximum atomic E-state index is 11.9. The summed E-state index contributed by atoms with van der Waals surface area (Å²) in [5.74, 6) is 1.27. The number of carbonyl (C=O) groups is 1. The second-order valence-electron chi connectivity index (χ2n) is 5.19. The Morgan fingerprint density at radius 2 is 2.32 bits per heavy atom. The molecule has 0 bridgehead atoms. The molecule has 1 aromatic carbocycles. The highest BCUT2D eigenvalue weighted by atomic mass is 16.5. The second-order valence-corrected chi connectivity index (χ2v) is 5.19. The highest BCUT2D eigenvalue weighted by Crippen LogP contribution is 2.23. The van der Waals surface area contributed by atoms with Crippen LogP contribution in [0.15, 0.2) is 24.3 Å². The molecule has 0 radical (unpaired) electrons. The molecule has 1 amide bonds. The van der Waals surface area contributed by atoms with Crippen LogP contribution in [0.1, 0.15) is 24.8 Å². The van der Waals surface area contributed by atoms with Crippen LogP contribution < -0.4 is 15.8 Å². The Kier molecular flexibility index (Phi) is 4.80. The topological polar surface area (TPSA) is 64.3 Å². The third kappa shape index (κ3) is 3.96. The van der Waals surface area contributed by atoms with E-state index in [0.29, 0.717) is 18.9 Å². The van der Waals surface area contributed by atoms with E-state index in [9.17, 15) is 4.79 Å². The molecule has 1 aliphatic carbocycles. The fraction of sp³-hybridized carbons (Fsp3) is 0.533. The first-order valence-corrected chi connectivity index (χ1v) is 6.84. The number of hydrogen-bond acceptors (Lipinski definition) is 3. The van der Waals surface area contributed by atoms with Crippen LogP contribution in [0.4, 0.5) is 0 Å². The zero-order chi connectivity index (χ0) is 13.7. The lowest BCUT2D eigenvalue weighted by Gasteiger charge is -2.15. The van der Waals surface area contributed by atoms with E-state index in [1.165, 1.54) is 6.42 Å². The van der Waals surface area contributed by atoms with Gasteiger partial charge >= 0.3 is 0 Å². The van der Waals surface area contributed by atoms with Crippen LogP contribution in [0.3, 0.4) is 0 Å². The average molecular weight is 262 g/mol. The van der Waals surface area contributed by atoms with Gasteiger partial charge in [0.05, 0.1) is 13.5 Å². The highest BCUT2D eigenvalue weighted by Gasteiger charge is 2.23. The Morgan fingerprint density at radius 1 is 1.47 bits per heavy atom. The SMILES string of the molecule is COc1cccc(CC(=O)NCC2CCCC2N)c1. The molecule has 4 heteroatoms. The summed E-state index contributed by atoms with van der Waals surface area (Å²) in [6.07, 6.45) is 3.77. The maximum Gasteiger partial charge on any atom is 0.224 e. The van der Waals surface area contributed by atoms with E-state index < -0.39 is 0 Å². The van der Waals surface area contributed by atoms with Crippen molar-refractivity contribution in [3.63, 3.8) is 0 Å². The van der Waals surface area contributed by atoms with Crippen molar-refractivity contribution in [2.24, 2.45) is 11.7 Å². The Morgan fingerprint density at radius 3 is 3.00 bits per heavy atom. The summed E-state index contributed by atoms with van der Waals surface area (Å²) in [5.41, 5.74) is 6.95. The van der Waals surface area contributed by atoms with Crippen LogP contribution in [-0.2, 0) is 11.2 Å². The zero-order valence-electron chi connectivity index (χ0n) is 11.4. The molecule has 2 unspecified atom stereocenters. The smallest absolute Gasteiger partial charge is 0.224 e. The van der Waals surface area contributed by atoms with Crippen molar-refractivity contribution >= 4 is 5.91 Å². The molecule has 2 rings (SSSR count). The van der Waals surface area contributed by atoms with E-state index in [2.05, 4.69) is 5.32 Å². The summed E-state index contributed by atoms with van der Waals surface area (Å²) in [7, 11) is 1.63. The lowest BCUT2D eigenvalue weighted by atomic mass is 10.0. The van der Waals surface area contributed by atoms with Crippen LogP contribution in [0.25, 0.3) is 0 Å². The Balaban J connectivity index is 1.80. The van der Waals surface area contributed by atoms with E-state index in [4.69, 9.17) is 10.5 Å². The van der Waals surface area contributed by atoms with Gasteiger partial charge in [-0.2, -0.15) is 0 Å². The third-order valence-electron chi connectivity index (χ3n) is 3.78. The van der Waals surface area contributed by atoms with Crippen molar-refractivity contribution in [2.45, 2.75) is 31.7 Å². The average Bonchev–Trinajstić information content (AvgIpc) is 2.82. The van der Waals surface area contributed by atoms with Gasteiger partial charge in [0.15, 0.2) is 0 Å². The van der Waals surface area contributed by atoms with Crippen molar-refractivity contribution in [3.05, 3.63) is 29.8 Å². The quantitative estimate of drug-likeness (QED) is 0.845. The molecule has 0 heterocycles.